The molecule has 4 fully saturated rings. The predicted molar refractivity (Wildman–Crippen MR) is 95.8 cm³/mol. The normalized spacial score (nSPS) is 36.0. The lowest BCUT2D eigenvalue weighted by Gasteiger charge is -2.47. The van der Waals surface area contributed by atoms with Crippen LogP contribution in [0.4, 0.5) is 0 Å². The van der Waals surface area contributed by atoms with Crippen LogP contribution >= 0.6 is 11.8 Å². The molecule has 2 atom stereocenters. The summed E-state index contributed by atoms with van der Waals surface area (Å²) in [6, 6.07) is 0.652. The Hall–Kier alpha value is -0.460. The second kappa shape index (κ2) is 7.41. The van der Waals surface area contributed by atoms with Crippen molar-refractivity contribution in [2.24, 2.45) is 10.9 Å². The molecular formula is C16H31N5S. The minimum absolute atomic E-state index is 0.652. The average Bonchev–Trinajstić information content (AvgIpc) is 2.57. The SMILES string of the molecule is CN=C(NCC1CN2CCN1CC2)N1CCSC(C(C)C)C1. The molecule has 4 rings (SSSR count). The summed E-state index contributed by atoms with van der Waals surface area (Å²) in [6.45, 7) is 14.1. The van der Waals surface area contributed by atoms with E-state index in [4.69, 9.17) is 0 Å². The number of fused-ring (bicyclic) bond motifs is 3. The average molecular weight is 326 g/mol. The number of rotatable bonds is 3. The van der Waals surface area contributed by atoms with E-state index in [2.05, 4.69) is 50.6 Å². The molecule has 4 aliphatic heterocycles. The molecule has 0 aliphatic carbocycles. The maximum absolute atomic E-state index is 4.54. The molecule has 6 heteroatoms. The first-order valence-electron chi connectivity index (χ1n) is 8.71. The molecule has 4 heterocycles. The lowest BCUT2D eigenvalue weighted by Crippen LogP contribution is -2.64. The summed E-state index contributed by atoms with van der Waals surface area (Å²) in [5.41, 5.74) is 0. The van der Waals surface area contributed by atoms with E-state index >= 15 is 0 Å². The van der Waals surface area contributed by atoms with Crippen LogP contribution in [0.2, 0.25) is 0 Å². The van der Waals surface area contributed by atoms with Crippen molar-refractivity contribution >= 4 is 17.7 Å². The number of piperazine rings is 3. The van der Waals surface area contributed by atoms with Crippen LogP contribution in [-0.2, 0) is 0 Å². The van der Waals surface area contributed by atoms with Gasteiger partial charge in [-0.2, -0.15) is 11.8 Å². The summed E-state index contributed by atoms with van der Waals surface area (Å²) in [5, 5.41) is 4.38. The van der Waals surface area contributed by atoms with Gasteiger partial charge < -0.3 is 10.2 Å². The van der Waals surface area contributed by atoms with Crippen molar-refractivity contribution in [3.8, 4) is 0 Å². The lowest BCUT2D eigenvalue weighted by molar-refractivity contribution is 0.0152. The molecule has 126 valence electrons. The lowest BCUT2D eigenvalue weighted by atomic mass is 10.1. The first-order valence-corrected chi connectivity index (χ1v) is 9.76. The zero-order valence-corrected chi connectivity index (χ0v) is 15.1. The molecule has 4 saturated heterocycles. The van der Waals surface area contributed by atoms with Crippen LogP contribution in [0.25, 0.3) is 0 Å². The Morgan fingerprint density at radius 2 is 1.95 bits per heavy atom. The van der Waals surface area contributed by atoms with E-state index in [1.54, 1.807) is 0 Å². The topological polar surface area (TPSA) is 34.1 Å². The molecule has 0 aromatic rings. The van der Waals surface area contributed by atoms with Crippen LogP contribution < -0.4 is 5.32 Å². The zero-order chi connectivity index (χ0) is 15.5. The van der Waals surface area contributed by atoms with Crippen LogP contribution in [-0.4, -0.2) is 97.1 Å². The monoisotopic (exact) mass is 325 g/mol. The second-order valence-corrected chi connectivity index (χ2v) is 8.36. The quantitative estimate of drug-likeness (QED) is 0.608. The van der Waals surface area contributed by atoms with E-state index in [-0.39, 0.29) is 0 Å². The van der Waals surface area contributed by atoms with E-state index in [0.29, 0.717) is 6.04 Å². The molecule has 4 aliphatic rings. The third-order valence-corrected chi connectivity index (χ3v) is 6.78. The summed E-state index contributed by atoms with van der Waals surface area (Å²) in [5.74, 6) is 3.05. The van der Waals surface area contributed by atoms with Gasteiger partial charge in [-0.25, -0.2) is 0 Å². The van der Waals surface area contributed by atoms with Gasteiger partial charge in [-0.3, -0.25) is 14.8 Å². The number of nitrogens with zero attached hydrogens (tertiary/aromatic N) is 4. The van der Waals surface area contributed by atoms with E-state index in [0.717, 1.165) is 36.8 Å². The fourth-order valence-corrected chi connectivity index (χ4v) is 5.03. The van der Waals surface area contributed by atoms with Crippen LogP contribution in [0.1, 0.15) is 13.8 Å². The summed E-state index contributed by atoms with van der Waals surface area (Å²) in [7, 11) is 1.92. The largest absolute Gasteiger partial charge is 0.355 e. The van der Waals surface area contributed by atoms with Gasteiger partial charge in [-0.15, -0.1) is 0 Å². The predicted octanol–water partition coefficient (Wildman–Crippen LogP) is 0.635. The zero-order valence-electron chi connectivity index (χ0n) is 14.3. The van der Waals surface area contributed by atoms with Crippen molar-refractivity contribution < 1.29 is 0 Å². The minimum Gasteiger partial charge on any atom is -0.355 e. The number of hydrogen-bond acceptors (Lipinski definition) is 4. The molecular weight excluding hydrogens is 294 g/mol. The maximum atomic E-state index is 4.54. The van der Waals surface area contributed by atoms with Gasteiger partial charge in [0.2, 0.25) is 0 Å². The maximum Gasteiger partial charge on any atom is 0.193 e. The second-order valence-electron chi connectivity index (χ2n) is 7.02. The first-order chi connectivity index (χ1) is 10.7. The van der Waals surface area contributed by atoms with Crippen LogP contribution in [0.15, 0.2) is 4.99 Å². The van der Waals surface area contributed by atoms with Gasteiger partial charge in [-0.05, 0) is 5.92 Å². The fourth-order valence-electron chi connectivity index (χ4n) is 3.73. The highest BCUT2D eigenvalue weighted by molar-refractivity contribution is 8.00. The Kier molecular flexibility index (Phi) is 5.52. The van der Waals surface area contributed by atoms with Crippen molar-refractivity contribution in [1.82, 2.24) is 20.0 Å². The smallest absolute Gasteiger partial charge is 0.193 e. The molecule has 0 amide bonds. The highest BCUT2D eigenvalue weighted by Crippen LogP contribution is 2.25. The number of aliphatic imine (C=N–C) groups is 1. The molecule has 0 aromatic heterocycles. The summed E-state index contributed by atoms with van der Waals surface area (Å²) in [6.07, 6.45) is 0. The molecule has 0 aromatic carbocycles. The third kappa shape index (κ3) is 3.71. The Morgan fingerprint density at radius 1 is 1.18 bits per heavy atom. The van der Waals surface area contributed by atoms with Crippen LogP contribution in [0, 0.1) is 5.92 Å². The number of hydrogen-bond donors (Lipinski definition) is 1. The minimum atomic E-state index is 0.652. The Morgan fingerprint density at radius 3 is 2.55 bits per heavy atom. The molecule has 5 nitrogen and oxygen atoms in total. The summed E-state index contributed by atoms with van der Waals surface area (Å²) < 4.78 is 0. The van der Waals surface area contributed by atoms with Crippen molar-refractivity contribution in [1.29, 1.82) is 0 Å². The van der Waals surface area contributed by atoms with Crippen molar-refractivity contribution in [2.75, 3.05) is 65.2 Å². The van der Waals surface area contributed by atoms with Crippen molar-refractivity contribution in [3.05, 3.63) is 0 Å². The fraction of sp³-hybridized carbons (Fsp3) is 0.938. The van der Waals surface area contributed by atoms with Crippen molar-refractivity contribution in [2.45, 2.75) is 25.1 Å². The van der Waals surface area contributed by atoms with E-state index in [9.17, 15) is 0 Å². The number of nitrogens with one attached hydrogen (secondary N) is 1. The highest BCUT2D eigenvalue weighted by atomic mass is 32.2. The van der Waals surface area contributed by atoms with Gasteiger partial charge in [0.15, 0.2) is 5.96 Å². The van der Waals surface area contributed by atoms with Crippen LogP contribution in [0.3, 0.4) is 0 Å². The van der Waals surface area contributed by atoms with E-state index in [1.165, 1.54) is 38.5 Å². The molecule has 22 heavy (non-hydrogen) atoms. The summed E-state index contributed by atoms with van der Waals surface area (Å²) >= 11 is 2.12. The van der Waals surface area contributed by atoms with E-state index in [1.807, 2.05) is 7.05 Å². The standard InChI is InChI=1S/C16H31N5S/c1-13(2)15-12-21(8-9-22-15)16(17-3)18-10-14-11-19-4-6-20(14)7-5-19/h13-15H,4-12H2,1-3H3,(H,17,18). The van der Waals surface area contributed by atoms with Gasteiger partial charge in [-0.1, -0.05) is 13.8 Å². The van der Waals surface area contributed by atoms with E-state index < -0.39 is 0 Å². The Balaban J connectivity index is 1.52. The molecule has 2 unspecified atom stereocenters. The number of guanidine groups is 1. The molecule has 0 saturated carbocycles. The van der Waals surface area contributed by atoms with Gasteiger partial charge >= 0.3 is 0 Å². The van der Waals surface area contributed by atoms with Gasteiger partial charge in [0, 0.05) is 76.5 Å². The molecule has 1 N–H and O–H groups in total. The summed E-state index contributed by atoms with van der Waals surface area (Å²) in [4.78, 5) is 12.2. The third-order valence-electron chi connectivity index (χ3n) is 5.24. The first kappa shape index (κ1) is 16.4. The Bertz CT molecular complexity index is 392. The molecule has 0 radical (unpaired) electrons. The van der Waals surface area contributed by atoms with Crippen LogP contribution in [0.5, 0.6) is 0 Å². The van der Waals surface area contributed by atoms with Gasteiger partial charge in [0.25, 0.3) is 0 Å². The van der Waals surface area contributed by atoms with Gasteiger partial charge in [0.05, 0.1) is 0 Å². The highest BCUT2D eigenvalue weighted by Gasteiger charge is 2.32. The Labute approximate surface area is 139 Å². The number of thioether (sulfide) groups is 1. The molecule has 2 bridgehead atoms. The molecule has 0 spiro atoms. The van der Waals surface area contributed by atoms with Gasteiger partial charge in [0.1, 0.15) is 0 Å². The van der Waals surface area contributed by atoms with Crippen molar-refractivity contribution in [3.63, 3.8) is 0 Å².